The van der Waals surface area contributed by atoms with E-state index in [1.807, 2.05) is 55.5 Å². The zero-order valence-electron chi connectivity index (χ0n) is 14.5. The summed E-state index contributed by atoms with van der Waals surface area (Å²) >= 11 is 4.52. The number of nitrogens with zero attached hydrogens (tertiary/aromatic N) is 1. The van der Waals surface area contributed by atoms with Crippen molar-refractivity contribution in [3.8, 4) is 23.0 Å². The summed E-state index contributed by atoms with van der Waals surface area (Å²) < 4.78 is 14.0. The minimum Gasteiger partial charge on any atom is -0.205 e. The molecule has 0 atom stereocenters. The lowest BCUT2D eigenvalue weighted by atomic mass is 9.99. The fraction of sp³-hybridized carbons (Fsp3) is 0.0870. The minimum atomic E-state index is -0.416. The summed E-state index contributed by atoms with van der Waals surface area (Å²) in [5.41, 5.74) is 6.11. The molecule has 0 radical (unpaired) electrons. The van der Waals surface area contributed by atoms with Crippen LogP contribution in [0.25, 0.3) is 11.1 Å². The van der Waals surface area contributed by atoms with Crippen LogP contribution in [0.5, 0.6) is 0 Å². The summed E-state index contributed by atoms with van der Waals surface area (Å²) in [5.74, 6) is 5.97. The van der Waals surface area contributed by atoms with Gasteiger partial charge in [-0.25, -0.2) is 4.39 Å². The Labute approximate surface area is 158 Å². The van der Waals surface area contributed by atoms with E-state index < -0.39 is 5.82 Å². The molecule has 3 aromatic carbocycles. The standard InChI is InChI=1S/C23H16FNS/c1-16-3-5-18(6-4-16)7-8-19-9-10-20(13-17(19)2)21-11-12-23(25-15-26)22(24)14-21/h3-6,9-14H,1-2H3. The predicted octanol–water partition coefficient (Wildman–Crippen LogP) is 6.24. The third kappa shape index (κ3) is 4.13. The molecule has 0 fully saturated rings. The highest BCUT2D eigenvalue weighted by Crippen LogP contribution is 2.27. The number of hydrogen-bond acceptors (Lipinski definition) is 2. The Morgan fingerprint density at radius 1 is 0.846 bits per heavy atom. The van der Waals surface area contributed by atoms with E-state index >= 15 is 0 Å². The van der Waals surface area contributed by atoms with Crippen molar-refractivity contribution >= 4 is 23.1 Å². The van der Waals surface area contributed by atoms with E-state index in [0.29, 0.717) is 0 Å². The maximum Gasteiger partial charge on any atom is 0.150 e. The van der Waals surface area contributed by atoms with E-state index in [1.54, 1.807) is 6.07 Å². The number of halogens is 1. The fourth-order valence-electron chi connectivity index (χ4n) is 2.59. The van der Waals surface area contributed by atoms with Crippen molar-refractivity contribution in [2.24, 2.45) is 4.99 Å². The van der Waals surface area contributed by atoms with Crippen molar-refractivity contribution in [3.63, 3.8) is 0 Å². The molecule has 0 N–H and O–H groups in total. The second-order valence-corrected chi connectivity index (χ2v) is 6.20. The molecular weight excluding hydrogens is 341 g/mol. The maximum atomic E-state index is 14.0. The summed E-state index contributed by atoms with van der Waals surface area (Å²) in [6.07, 6.45) is 0. The molecule has 0 spiro atoms. The maximum absolute atomic E-state index is 14.0. The Hall–Kier alpha value is -3.05. The number of aliphatic imine (C=N–C) groups is 1. The summed E-state index contributed by atoms with van der Waals surface area (Å²) in [6, 6.07) is 18.9. The monoisotopic (exact) mass is 357 g/mol. The Morgan fingerprint density at radius 3 is 2.19 bits per heavy atom. The van der Waals surface area contributed by atoms with Crippen LogP contribution in [0.3, 0.4) is 0 Å². The second-order valence-electron chi connectivity index (χ2n) is 6.02. The van der Waals surface area contributed by atoms with Crippen molar-refractivity contribution in [2.75, 3.05) is 0 Å². The van der Waals surface area contributed by atoms with Crippen molar-refractivity contribution in [3.05, 3.63) is 88.7 Å². The third-order valence-electron chi connectivity index (χ3n) is 4.07. The average molecular weight is 357 g/mol. The van der Waals surface area contributed by atoms with Gasteiger partial charge in [0.1, 0.15) is 11.5 Å². The quantitative estimate of drug-likeness (QED) is 0.300. The lowest BCUT2D eigenvalue weighted by molar-refractivity contribution is 0.630. The molecular formula is C23H16FNS. The van der Waals surface area contributed by atoms with Gasteiger partial charge >= 0.3 is 0 Å². The van der Waals surface area contributed by atoms with Crippen molar-refractivity contribution in [1.82, 2.24) is 0 Å². The molecule has 0 aliphatic carbocycles. The highest BCUT2D eigenvalue weighted by atomic mass is 32.1. The van der Waals surface area contributed by atoms with Gasteiger partial charge in [-0.1, -0.05) is 47.7 Å². The first-order valence-electron chi connectivity index (χ1n) is 8.14. The van der Waals surface area contributed by atoms with Crippen LogP contribution in [0.15, 0.2) is 65.7 Å². The summed E-state index contributed by atoms with van der Waals surface area (Å²) in [5, 5.41) is 2.18. The van der Waals surface area contributed by atoms with Crippen LogP contribution < -0.4 is 0 Å². The van der Waals surface area contributed by atoms with E-state index in [-0.39, 0.29) is 5.69 Å². The molecule has 0 bridgehead atoms. The highest BCUT2D eigenvalue weighted by molar-refractivity contribution is 7.78. The van der Waals surface area contributed by atoms with Crippen molar-refractivity contribution < 1.29 is 4.39 Å². The van der Waals surface area contributed by atoms with Crippen LogP contribution in [0.4, 0.5) is 10.1 Å². The summed E-state index contributed by atoms with van der Waals surface area (Å²) in [7, 11) is 0. The molecule has 0 aromatic heterocycles. The number of thiocarbonyl (C=S) groups is 1. The molecule has 0 amide bonds. The van der Waals surface area contributed by atoms with Gasteiger partial charge in [-0.05, 0) is 73.1 Å². The van der Waals surface area contributed by atoms with E-state index in [1.165, 1.54) is 11.6 Å². The normalized spacial score (nSPS) is 9.81. The van der Waals surface area contributed by atoms with Crippen LogP contribution in [-0.2, 0) is 0 Å². The number of hydrogen-bond donors (Lipinski definition) is 0. The van der Waals surface area contributed by atoms with Crippen LogP contribution in [0.1, 0.15) is 22.3 Å². The first-order valence-corrected chi connectivity index (χ1v) is 8.55. The number of benzene rings is 3. The molecule has 3 rings (SSSR count). The summed E-state index contributed by atoms with van der Waals surface area (Å²) in [6.45, 7) is 4.06. The van der Waals surface area contributed by atoms with Crippen molar-refractivity contribution in [1.29, 1.82) is 0 Å². The van der Waals surface area contributed by atoms with Crippen LogP contribution in [-0.4, -0.2) is 5.16 Å². The lowest BCUT2D eigenvalue weighted by Gasteiger charge is -2.06. The van der Waals surface area contributed by atoms with E-state index in [0.717, 1.165) is 27.8 Å². The van der Waals surface area contributed by atoms with Crippen molar-refractivity contribution in [2.45, 2.75) is 13.8 Å². The molecule has 0 aliphatic rings. The fourth-order valence-corrected chi connectivity index (χ4v) is 2.68. The van der Waals surface area contributed by atoms with E-state index in [4.69, 9.17) is 0 Å². The van der Waals surface area contributed by atoms with Crippen LogP contribution >= 0.6 is 12.2 Å². The zero-order chi connectivity index (χ0) is 18.5. The van der Waals surface area contributed by atoms with Gasteiger partial charge < -0.3 is 0 Å². The largest absolute Gasteiger partial charge is 0.205 e. The van der Waals surface area contributed by atoms with Gasteiger partial charge in [0, 0.05) is 11.1 Å². The topological polar surface area (TPSA) is 12.4 Å². The van der Waals surface area contributed by atoms with Gasteiger partial charge in [0.15, 0.2) is 0 Å². The Kier molecular flexibility index (Phi) is 5.39. The SMILES string of the molecule is Cc1ccc(C#Cc2ccc(-c3ccc(N=C=S)c(F)c3)cc2C)cc1. The second kappa shape index (κ2) is 7.89. The van der Waals surface area contributed by atoms with Gasteiger partial charge in [0.2, 0.25) is 0 Å². The van der Waals surface area contributed by atoms with Gasteiger partial charge in [-0.15, -0.1) is 0 Å². The van der Waals surface area contributed by atoms with Gasteiger partial charge in [0.25, 0.3) is 0 Å². The average Bonchev–Trinajstić information content (AvgIpc) is 2.64. The number of isothiocyanates is 1. The van der Waals surface area contributed by atoms with Crippen LogP contribution in [0.2, 0.25) is 0 Å². The minimum absolute atomic E-state index is 0.195. The Morgan fingerprint density at radius 2 is 1.54 bits per heavy atom. The number of aryl methyl sites for hydroxylation is 2. The Balaban J connectivity index is 1.89. The molecule has 0 aliphatic heterocycles. The molecule has 126 valence electrons. The molecule has 26 heavy (non-hydrogen) atoms. The van der Waals surface area contributed by atoms with Gasteiger partial charge in [-0.2, -0.15) is 4.99 Å². The molecule has 0 saturated carbocycles. The zero-order valence-corrected chi connectivity index (χ0v) is 15.3. The third-order valence-corrected chi connectivity index (χ3v) is 4.16. The van der Waals surface area contributed by atoms with E-state index in [9.17, 15) is 4.39 Å². The van der Waals surface area contributed by atoms with Gasteiger partial charge in [0.05, 0.1) is 5.16 Å². The molecule has 3 heteroatoms. The smallest absolute Gasteiger partial charge is 0.150 e. The predicted molar refractivity (Wildman–Crippen MR) is 108 cm³/mol. The van der Waals surface area contributed by atoms with Gasteiger partial charge in [-0.3, -0.25) is 0 Å². The van der Waals surface area contributed by atoms with E-state index in [2.05, 4.69) is 41.1 Å². The first-order chi connectivity index (χ1) is 12.6. The lowest BCUT2D eigenvalue weighted by Crippen LogP contribution is -1.86. The molecule has 0 heterocycles. The molecule has 0 saturated heterocycles. The van der Waals surface area contributed by atoms with Crippen LogP contribution in [0, 0.1) is 31.5 Å². The number of rotatable bonds is 2. The molecule has 1 nitrogen and oxygen atoms in total. The summed E-state index contributed by atoms with van der Waals surface area (Å²) in [4.78, 5) is 3.70. The Bertz CT molecular complexity index is 1070. The molecule has 3 aromatic rings. The highest BCUT2D eigenvalue weighted by Gasteiger charge is 2.06. The molecule has 0 unspecified atom stereocenters. The first kappa shape index (κ1) is 17.8.